The number of carbonyl (C=O) groups is 1. The first-order valence-corrected chi connectivity index (χ1v) is 4.71. The van der Waals surface area contributed by atoms with E-state index in [0.29, 0.717) is 6.42 Å². The quantitative estimate of drug-likeness (QED) is 0.787. The average Bonchev–Trinajstić information content (AvgIpc) is 2.33. The van der Waals surface area contributed by atoms with Crippen molar-refractivity contribution in [3.05, 3.63) is 22.1 Å². The molecule has 0 spiro atoms. The summed E-state index contributed by atoms with van der Waals surface area (Å²) in [7, 11) is 3.40. The van der Waals surface area contributed by atoms with Crippen LogP contribution in [-0.4, -0.2) is 20.4 Å². The molecule has 5 heteroatoms. The van der Waals surface area contributed by atoms with E-state index in [1.165, 1.54) is 10.7 Å². The van der Waals surface area contributed by atoms with E-state index in [-0.39, 0.29) is 5.56 Å². The van der Waals surface area contributed by atoms with Crippen LogP contribution in [0.1, 0.15) is 19.5 Å². The summed E-state index contributed by atoms with van der Waals surface area (Å²) in [5, 5.41) is 8.98. The Bertz CT molecular complexity index is 440. The third-order valence-electron chi connectivity index (χ3n) is 2.68. The lowest BCUT2D eigenvalue weighted by molar-refractivity contribution is -0.146. The van der Waals surface area contributed by atoms with E-state index in [0.717, 1.165) is 5.69 Å². The van der Waals surface area contributed by atoms with Gasteiger partial charge in [-0.15, -0.1) is 0 Å². The Kier molecular flexibility index (Phi) is 2.75. The fourth-order valence-electron chi connectivity index (χ4n) is 1.36. The van der Waals surface area contributed by atoms with Crippen LogP contribution >= 0.6 is 0 Å². The normalized spacial score (nSPS) is 11.7. The highest BCUT2D eigenvalue weighted by molar-refractivity contribution is 5.73. The first kappa shape index (κ1) is 11.6. The summed E-state index contributed by atoms with van der Waals surface area (Å²) in [5.74, 6) is -0.862. The highest BCUT2D eigenvalue weighted by Gasteiger charge is 2.28. The Morgan fingerprint density at radius 1 is 1.40 bits per heavy atom. The van der Waals surface area contributed by atoms with E-state index in [9.17, 15) is 9.59 Å². The summed E-state index contributed by atoms with van der Waals surface area (Å²) < 4.78 is 3.13. The molecule has 0 aliphatic heterocycles. The lowest BCUT2D eigenvalue weighted by Gasteiger charge is -2.19. The Balaban J connectivity index is 3.05. The maximum atomic E-state index is 11.3. The van der Waals surface area contributed by atoms with E-state index in [2.05, 4.69) is 0 Å². The molecule has 0 aliphatic rings. The number of rotatable bonds is 3. The fraction of sp³-hybridized carbons (Fsp3) is 0.600. The summed E-state index contributed by atoms with van der Waals surface area (Å²) in [4.78, 5) is 22.2. The van der Waals surface area contributed by atoms with Crippen molar-refractivity contribution in [1.82, 2.24) is 9.36 Å². The van der Waals surface area contributed by atoms with Crippen LogP contribution in [0, 0.1) is 5.41 Å². The SMILES string of the molecule is Cn1c(CC(C)(C)C(=O)O)cc(=O)n1C. The van der Waals surface area contributed by atoms with Gasteiger partial charge in [0, 0.05) is 32.3 Å². The number of nitrogens with zero attached hydrogens (tertiary/aromatic N) is 2. The van der Waals surface area contributed by atoms with Crippen LogP contribution in [-0.2, 0) is 25.3 Å². The van der Waals surface area contributed by atoms with E-state index < -0.39 is 11.4 Å². The van der Waals surface area contributed by atoms with Crippen molar-refractivity contribution in [2.45, 2.75) is 20.3 Å². The third kappa shape index (κ3) is 2.11. The summed E-state index contributed by atoms with van der Waals surface area (Å²) in [6, 6.07) is 1.48. The molecule has 0 bridgehead atoms. The van der Waals surface area contributed by atoms with Crippen molar-refractivity contribution in [2.75, 3.05) is 0 Å². The molecule has 0 saturated heterocycles. The van der Waals surface area contributed by atoms with Gasteiger partial charge in [0.2, 0.25) is 0 Å². The number of carboxylic acids is 1. The summed E-state index contributed by atoms with van der Waals surface area (Å²) in [6.45, 7) is 3.29. The maximum Gasteiger partial charge on any atom is 0.309 e. The molecule has 15 heavy (non-hydrogen) atoms. The highest BCUT2D eigenvalue weighted by Crippen LogP contribution is 2.21. The molecule has 1 rings (SSSR count). The second-order valence-corrected chi connectivity index (χ2v) is 4.39. The molecule has 0 saturated carbocycles. The summed E-state index contributed by atoms with van der Waals surface area (Å²) in [6.07, 6.45) is 0.342. The molecule has 0 atom stereocenters. The number of aromatic nitrogens is 2. The van der Waals surface area contributed by atoms with Gasteiger partial charge in [-0.2, -0.15) is 0 Å². The topological polar surface area (TPSA) is 64.2 Å². The molecule has 5 nitrogen and oxygen atoms in total. The molecular weight excluding hydrogens is 196 g/mol. The van der Waals surface area contributed by atoms with Gasteiger partial charge in [0.15, 0.2) is 0 Å². The van der Waals surface area contributed by atoms with Crippen molar-refractivity contribution >= 4 is 5.97 Å². The van der Waals surface area contributed by atoms with Crippen molar-refractivity contribution in [3.8, 4) is 0 Å². The van der Waals surface area contributed by atoms with Crippen LogP contribution in [0.5, 0.6) is 0 Å². The molecule has 0 aliphatic carbocycles. The maximum absolute atomic E-state index is 11.3. The van der Waals surface area contributed by atoms with Crippen LogP contribution < -0.4 is 5.56 Å². The number of carboxylic acid groups (broad SMARTS) is 1. The predicted molar refractivity (Wildman–Crippen MR) is 55.8 cm³/mol. The first-order chi connectivity index (χ1) is 6.75. The molecule has 84 valence electrons. The van der Waals surface area contributed by atoms with Gasteiger partial charge in [0.25, 0.3) is 5.56 Å². The third-order valence-corrected chi connectivity index (χ3v) is 2.68. The van der Waals surface area contributed by atoms with Crippen LogP contribution in [0.3, 0.4) is 0 Å². The second-order valence-electron chi connectivity index (χ2n) is 4.39. The van der Waals surface area contributed by atoms with E-state index in [1.807, 2.05) is 0 Å². The van der Waals surface area contributed by atoms with Crippen LogP contribution in [0.2, 0.25) is 0 Å². The van der Waals surface area contributed by atoms with E-state index in [1.54, 1.807) is 32.6 Å². The smallest absolute Gasteiger partial charge is 0.309 e. The summed E-state index contributed by atoms with van der Waals surface area (Å²) >= 11 is 0. The molecule has 1 aromatic rings. The van der Waals surface area contributed by atoms with Gasteiger partial charge in [-0.25, -0.2) is 0 Å². The van der Waals surface area contributed by atoms with Crippen molar-refractivity contribution in [1.29, 1.82) is 0 Å². The Morgan fingerprint density at radius 2 is 1.93 bits per heavy atom. The minimum absolute atomic E-state index is 0.117. The average molecular weight is 212 g/mol. The predicted octanol–water partition coefficient (Wildman–Crippen LogP) is 0.377. The lowest BCUT2D eigenvalue weighted by atomic mass is 9.88. The van der Waals surface area contributed by atoms with Crippen LogP contribution in [0.4, 0.5) is 0 Å². The number of aliphatic carboxylic acids is 1. The van der Waals surface area contributed by atoms with E-state index >= 15 is 0 Å². The van der Waals surface area contributed by atoms with Crippen LogP contribution in [0.25, 0.3) is 0 Å². The van der Waals surface area contributed by atoms with Crippen molar-refractivity contribution < 1.29 is 9.90 Å². The molecule has 0 radical (unpaired) electrons. The standard InChI is InChI=1S/C10H16N2O3/c1-10(2,9(14)15)6-7-5-8(13)12(4)11(7)3/h5H,6H2,1-4H3,(H,14,15). The summed E-state index contributed by atoms with van der Waals surface area (Å²) in [5.41, 5.74) is -0.241. The fourth-order valence-corrected chi connectivity index (χ4v) is 1.36. The Hall–Kier alpha value is -1.52. The number of hydrogen-bond acceptors (Lipinski definition) is 2. The zero-order valence-electron chi connectivity index (χ0n) is 9.44. The van der Waals surface area contributed by atoms with Gasteiger partial charge in [-0.1, -0.05) is 0 Å². The minimum Gasteiger partial charge on any atom is -0.481 e. The van der Waals surface area contributed by atoms with Gasteiger partial charge in [-0.3, -0.25) is 19.0 Å². The largest absolute Gasteiger partial charge is 0.481 e. The molecule has 0 fully saturated rings. The van der Waals surface area contributed by atoms with E-state index in [4.69, 9.17) is 5.11 Å². The molecule has 0 unspecified atom stereocenters. The minimum atomic E-state index is -0.862. The Labute approximate surface area is 87.9 Å². The number of hydrogen-bond donors (Lipinski definition) is 1. The molecule has 1 N–H and O–H groups in total. The van der Waals surface area contributed by atoms with Gasteiger partial charge in [-0.05, 0) is 13.8 Å². The second kappa shape index (κ2) is 3.56. The van der Waals surface area contributed by atoms with Gasteiger partial charge in [0.05, 0.1) is 5.41 Å². The lowest BCUT2D eigenvalue weighted by Crippen LogP contribution is -2.27. The molecular formula is C10H16N2O3. The first-order valence-electron chi connectivity index (χ1n) is 4.71. The molecule has 1 heterocycles. The van der Waals surface area contributed by atoms with Crippen molar-refractivity contribution in [3.63, 3.8) is 0 Å². The Morgan fingerprint density at radius 3 is 2.27 bits per heavy atom. The van der Waals surface area contributed by atoms with Crippen molar-refractivity contribution in [2.24, 2.45) is 19.5 Å². The highest BCUT2D eigenvalue weighted by atomic mass is 16.4. The molecule has 0 amide bonds. The zero-order chi connectivity index (χ0) is 11.8. The van der Waals surface area contributed by atoms with Gasteiger partial charge >= 0.3 is 5.97 Å². The van der Waals surface area contributed by atoms with Gasteiger partial charge in [0.1, 0.15) is 0 Å². The monoisotopic (exact) mass is 212 g/mol. The molecule has 0 aromatic carbocycles. The molecule has 1 aromatic heterocycles. The van der Waals surface area contributed by atoms with Crippen LogP contribution in [0.15, 0.2) is 10.9 Å². The van der Waals surface area contributed by atoms with Gasteiger partial charge < -0.3 is 5.11 Å². The zero-order valence-corrected chi connectivity index (χ0v) is 9.44.